The molecule has 0 spiro atoms. The Morgan fingerprint density at radius 2 is 1.90 bits per heavy atom. The molecule has 0 bridgehead atoms. The fraction of sp³-hybridized carbons (Fsp3) is 0.105. The van der Waals surface area contributed by atoms with Crippen LogP contribution in [0.5, 0.6) is 0 Å². The van der Waals surface area contributed by atoms with E-state index in [1.165, 1.54) is 0 Å². The molecule has 4 aromatic heterocycles. The Labute approximate surface area is 162 Å². The van der Waals surface area contributed by atoms with Crippen LogP contribution in [0.15, 0.2) is 59.4 Å². The lowest BCUT2D eigenvalue weighted by Crippen LogP contribution is -2.00. The zero-order valence-corrected chi connectivity index (χ0v) is 14.8. The normalized spacial score (nSPS) is 11.6. The maximum atomic E-state index is 12.6. The molecule has 0 amide bonds. The van der Waals surface area contributed by atoms with Gasteiger partial charge in [-0.3, -0.25) is 0 Å². The number of aromatic nitrogens is 7. The Bertz CT molecular complexity index is 1270. The van der Waals surface area contributed by atoms with Crippen molar-refractivity contribution in [1.82, 2.24) is 35.2 Å². The Kier molecular flexibility index (Phi) is 4.08. The number of H-pyrrole nitrogens is 1. The van der Waals surface area contributed by atoms with Gasteiger partial charge in [0.15, 0.2) is 0 Å². The van der Waals surface area contributed by atoms with Gasteiger partial charge in [0.25, 0.3) is 5.89 Å². The summed E-state index contributed by atoms with van der Waals surface area (Å²) in [7, 11) is 0. The van der Waals surface area contributed by atoms with Gasteiger partial charge in [-0.25, -0.2) is 9.67 Å². The lowest BCUT2D eigenvalue weighted by atomic mass is 10.1. The number of rotatable bonds is 5. The van der Waals surface area contributed by atoms with Gasteiger partial charge in [0.2, 0.25) is 5.89 Å². The first kappa shape index (κ1) is 17.2. The van der Waals surface area contributed by atoms with Gasteiger partial charge < -0.3 is 9.40 Å². The molecule has 0 atom stereocenters. The molecule has 0 saturated heterocycles. The lowest BCUT2D eigenvalue weighted by molar-refractivity contribution is 0.116. The Hall–Kier alpha value is -3.95. The van der Waals surface area contributed by atoms with Crippen LogP contribution in [-0.2, 0) is 6.54 Å². The van der Waals surface area contributed by atoms with Crippen LogP contribution in [0.25, 0.3) is 33.7 Å². The first-order valence-electron chi connectivity index (χ1n) is 8.70. The van der Waals surface area contributed by atoms with E-state index in [9.17, 15) is 8.78 Å². The number of nitrogens with zero attached hydrogens (tertiary/aromatic N) is 6. The molecule has 29 heavy (non-hydrogen) atoms. The van der Waals surface area contributed by atoms with Gasteiger partial charge in [0, 0.05) is 28.9 Å². The van der Waals surface area contributed by atoms with Crippen molar-refractivity contribution >= 4 is 11.0 Å². The number of hydrogen-bond donors (Lipinski definition) is 1. The van der Waals surface area contributed by atoms with Crippen molar-refractivity contribution in [2.45, 2.75) is 13.0 Å². The van der Waals surface area contributed by atoms with Gasteiger partial charge in [0.1, 0.15) is 11.3 Å². The molecule has 8 nitrogen and oxygen atoms in total. The first-order valence-corrected chi connectivity index (χ1v) is 8.70. The van der Waals surface area contributed by atoms with Gasteiger partial charge >= 0.3 is 6.43 Å². The first-order chi connectivity index (χ1) is 14.2. The number of nitrogens with one attached hydrogen (secondary N) is 1. The summed E-state index contributed by atoms with van der Waals surface area (Å²) in [6.07, 6.45) is 2.64. The highest BCUT2D eigenvalue weighted by Crippen LogP contribution is 2.24. The van der Waals surface area contributed by atoms with E-state index in [0.29, 0.717) is 12.1 Å². The van der Waals surface area contributed by atoms with Gasteiger partial charge in [0.05, 0.1) is 12.7 Å². The van der Waals surface area contributed by atoms with Crippen LogP contribution >= 0.6 is 0 Å². The van der Waals surface area contributed by atoms with Gasteiger partial charge in [-0.1, -0.05) is 17.3 Å². The summed E-state index contributed by atoms with van der Waals surface area (Å²) in [6.45, 7) is 0.499. The fourth-order valence-electron chi connectivity index (χ4n) is 2.97. The molecule has 0 radical (unpaired) electrons. The highest BCUT2D eigenvalue weighted by Gasteiger charge is 2.17. The van der Waals surface area contributed by atoms with Gasteiger partial charge in [-0.15, -0.1) is 15.3 Å². The van der Waals surface area contributed by atoms with Gasteiger partial charge in [-0.2, -0.15) is 8.78 Å². The molecule has 10 heteroatoms. The topological polar surface area (TPSA) is 98.3 Å². The summed E-state index contributed by atoms with van der Waals surface area (Å²) in [5.41, 5.74) is 3.95. The Morgan fingerprint density at radius 3 is 2.69 bits per heavy atom. The lowest BCUT2D eigenvalue weighted by Gasteiger charge is -2.02. The minimum Gasteiger partial charge on any atom is -0.415 e. The summed E-state index contributed by atoms with van der Waals surface area (Å²) >= 11 is 0. The predicted octanol–water partition coefficient (Wildman–Crippen LogP) is 3.86. The van der Waals surface area contributed by atoms with Crippen LogP contribution in [0.2, 0.25) is 0 Å². The van der Waals surface area contributed by atoms with Crippen LogP contribution in [0.3, 0.4) is 0 Å². The van der Waals surface area contributed by atoms with E-state index in [1.807, 2.05) is 36.7 Å². The second-order valence-corrected chi connectivity index (χ2v) is 6.38. The molecule has 5 rings (SSSR count). The second kappa shape index (κ2) is 6.89. The monoisotopic (exact) mass is 393 g/mol. The SMILES string of the molecule is FC(F)c1nnc(-c2ccc(Cn3cc(-c4cnc5[nH]ccc5c4)nn3)cc2)o1. The maximum absolute atomic E-state index is 12.6. The van der Waals surface area contributed by atoms with Crippen molar-refractivity contribution in [3.8, 4) is 22.7 Å². The molecule has 5 aromatic rings. The van der Waals surface area contributed by atoms with Crippen molar-refractivity contribution in [1.29, 1.82) is 0 Å². The van der Waals surface area contributed by atoms with E-state index >= 15 is 0 Å². The van der Waals surface area contributed by atoms with E-state index in [-0.39, 0.29) is 5.89 Å². The number of hydrogen-bond acceptors (Lipinski definition) is 6. The maximum Gasteiger partial charge on any atom is 0.314 e. The number of aromatic amines is 1. The van der Waals surface area contributed by atoms with E-state index in [1.54, 1.807) is 23.0 Å². The van der Waals surface area contributed by atoms with E-state index in [4.69, 9.17) is 4.42 Å². The molecule has 0 fully saturated rings. The third-order valence-corrected chi connectivity index (χ3v) is 4.41. The highest BCUT2D eigenvalue weighted by atomic mass is 19.3. The van der Waals surface area contributed by atoms with Crippen LogP contribution < -0.4 is 0 Å². The van der Waals surface area contributed by atoms with Crippen LogP contribution in [-0.4, -0.2) is 35.2 Å². The van der Waals surface area contributed by atoms with Crippen LogP contribution in [0, 0.1) is 0 Å². The minimum absolute atomic E-state index is 0.0579. The molecule has 1 aromatic carbocycles. The molecule has 0 aliphatic carbocycles. The van der Waals surface area contributed by atoms with E-state index in [2.05, 4.69) is 30.5 Å². The molecule has 1 N–H and O–H groups in total. The smallest absolute Gasteiger partial charge is 0.314 e. The van der Waals surface area contributed by atoms with E-state index in [0.717, 1.165) is 27.9 Å². The van der Waals surface area contributed by atoms with Crippen molar-refractivity contribution in [2.24, 2.45) is 0 Å². The van der Waals surface area contributed by atoms with Gasteiger partial charge in [-0.05, 0) is 29.8 Å². The Balaban J connectivity index is 1.32. The second-order valence-electron chi connectivity index (χ2n) is 6.38. The third kappa shape index (κ3) is 3.35. The zero-order valence-electron chi connectivity index (χ0n) is 14.8. The highest BCUT2D eigenvalue weighted by molar-refractivity contribution is 5.80. The van der Waals surface area contributed by atoms with Crippen molar-refractivity contribution in [3.05, 3.63) is 66.4 Å². The molecular weight excluding hydrogens is 380 g/mol. The Morgan fingerprint density at radius 1 is 1.03 bits per heavy atom. The number of alkyl halides is 2. The van der Waals surface area contributed by atoms with Crippen molar-refractivity contribution in [3.63, 3.8) is 0 Å². The number of halogens is 2. The summed E-state index contributed by atoms with van der Waals surface area (Å²) in [5, 5.41) is 16.4. The molecule has 0 aliphatic rings. The molecule has 0 saturated carbocycles. The standard InChI is InChI=1S/C19H13F2N7O/c20-16(21)19-26-25-18(29-19)12-3-1-11(2-4-12)9-28-10-15(24-27-28)14-7-13-5-6-22-17(13)23-8-14/h1-8,10,16H,9H2,(H,22,23). The molecular formula is C19H13F2N7O. The number of pyridine rings is 1. The van der Waals surface area contributed by atoms with Crippen LogP contribution in [0.1, 0.15) is 17.9 Å². The van der Waals surface area contributed by atoms with Crippen LogP contribution in [0.4, 0.5) is 8.78 Å². The zero-order chi connectivity index (χ0) is 19.8. The molecule has 0 unspecified atom stereocenters. The van der Waals surface area contributed by atoms with Crippen molar-refractivity contribution in [2.75, 3.05) is 0 Å². The minimum atomic E-state index is -2.79. The number of benzene rings is 1. The average Bonchev–Trinajstić information content (AvgIpc) is 3.48. The molecule has 0 aliphatic heterocycles. The molecule has 4 heterocycles. The summed E-state index contributed by atoms with van der Waals surface area (Å²) in [6, 6.07) is 11.1. The summed E-state index contributed by atoms with van der Waals surface area (Å²) in [4.78, 5) is 7.42. The summed E-state index contributed by atoms with van der Waals surface area (Å²) < 4.78 is 31.8. The summed E-state index contributed by atoms with van der Waals surface area (Å²) in [5.74, 6) is -0.630. The fourth-order valence-corrected chi connectivity index (χ4v) is 2.97. The van der Waals surface area contributed by atoms with E-state index < -0.39 is 12.3 Å². The van der Waals surface area contributed by atoms with Crippen molar-refractivity contribution < 1.29 is 13.2 Å². The largest absolute Gasteiger partial charge is 0.415 e. The number of fused-ring (bicyclic) bond motifs is 1. The third-order valence-electron chi connectivity index (χ3n) is 4.41. The molecule has 144 valence electrons. The quantitative estimate of drug-likeness (QED) is 0.487. The predicted molar refractivity (Wildman–Crippen MR) is 98.9 cm³/mol. The average molecular weight is 393 g/mol.